The Morgan fingerprint density at radius 1 is 1.33 bits per heavy atom. The quantitative estimate of drug-likeness (QED) is 0.862. The molecule has 1 N–H and O–H groups in total. The molecule has 0 fully saturated rings. The van der Waals surface area contributed by atoms with Gasteiger partial charge in [0.15, 0.2) is 5.78 Å². The molecular formula is C13H11NO3S. The highest BCUT2D eigenvalue weighted by Gasteiger charge is 2.20. The molecule has 1 aromatic heterocycles. The van der Waals surface area contributed by atoms with E-state index < -0.39 is 5.97 Å². The lowest BCUT2D eigenvalue weighted by Crippen LogP contribution is -2.02. The Morgan fingerprint density at radius 3 is 2.56 bits per heavy atom. The molecule has 1 heterocycles. The fourth-order valence-electron chi connectivity index (χ4n) is 1.61. The zero-order valence-corrected chi connectivity index (χ0v) is 10.7. The lowest BCUT2D eigenvalue weighted by molar-refractivity contribution is 0.0697. The Balaban J connectivity index is 2.57. The van der Waals surface area contributed by atoms with Gasteiger partial charge in [0.25, 0.3) is 0 Å². The largest absolute Gasteiger partial charge is 0.477 e. The third-order valence-corrected chi connectivity index (χ3v) is 3.51. The number of aryl methyl sites for hydroxylation is 1. The molecule has 4 nitrogen and oxygen atoms in total. The molecule has 0 aliphatic heterocycles. The van der Waals surface area contributed by atoms with Crippen molar-refractivity contribution in [3.63, 3.8) is 0 Å². The number of hydrogen-bond donors (Lipinski definition) is 1. The molecule has 0 spiro atoms. The fourth-order valence-corrected chi connectivity index (χ4v) is 2.55. The van der Waals surface area contributed by atoms with Crippen molar-refractivity contribution in [2.75, 3.05) is 0 Å². The van der Waals surface area contributed by atoms with Crippen LogP contribution in [0.15, 0.2) is 24.3 Å². The number of carbonyl (C=O) groups excluding carboxylic acids is 1. The van der Waals surface area contributed by atoms with E-state index in [0.29, 0.717) is 5.01 Å². The molecule has 18 heavy (non-hydrogen) atoms. The van der Waals surface area contributed by atoms with E-state index in [-0.39, 0.29) is 16.4 Å². The second-order valence-corrected chi connectivity index (χ2v) is 4.93. The average molecular weight is 261 g/mol. The molecule has 0 atom stereocenters. The maximum atomic E-state index is 11.4. The number of rotatable bonds is 3. The first-order chi connectivity index (χ1) is 8.49. The van der Waals surface area contributed by atoms with Crippen LogP contribution in [0.2, 0.25) is 0 Å². The summed E-state index contributed by atoms with van der Waals surface area (Å²) >= 11 is 1.03. The number of nitrogens with zero attached hydrogens (tertiary/aromatic N) is 1. The van der Waals surface area contributed by atoms with Crippen LogP contribution in [0, 0.1) is 6.92 Å². The molecule has 0 unspecified atom stereocenters. The molecule has 0 radical (unpaired) electrons. The van der Waals surface area contributed by atoms with Gasteiger partial charge in [-0.2, -0.15) is 0 Å². The average Bonchev–Trinajstić information content (AvgIpc) is 2.73. The number of thiazole rings is 1. The predicted octanol–water partition coefficient (Wildman–Crippen LogP) is 3.02. The summed E-state index contributed by atoms with van der Waals surface area (Å²) in [6.07, 6.45) is 0. The topological polar surface area (TPSA) is 67.3 Å². The Kier molecular flexibility index (Phi) is 3.25. The van der Waals surface area contributed by atoms with Crippen molar-refractivity contribution < 1.29 is 14.7 Å². The van der Waals surface area contributed by atoms with Crippen molar-refractivity contribution in [3.05, 3.63) is 40.4 Å². The van der Waals surface area contributed by atoms with Gasteiger partial charge in [-0.1, -0.05) is 23.8 Å². The van der Waals surface area contributed by atoms with E-state index in [1.807, 2.05) is 31.2 Å². The zero-order chi connectivity index (χ0) is 13.3. The van der Waals surface area contributed by atoms with E-state index >= 15 is 0 Å². The normalized spacial score (nSPS) is 10.3. The predicted molar refractivity (Wildman–Crippen MR) is 69.3 cm³/mol. The Bertz CT molecular complexity index is 599. The van der Waals surface area contributed by atoms with Gasteiger partial charge >= 0.3 is 5.97 Å². The number of hydrogen-bond acceptors (Lipinski definition) is 4. The highest BCUT2D eigenvalue weighted by molar-refractivity contribution is 7.17. The third-order valence-electron chi connectivity index (χ3n) is 2.42. The number of carboxylic acid groups (broad SMARTS) is 1. The summed E-state index contributed by atoms with van der Waals surface area (Å²) in [5.41, 5.74) is 1.92. The van der Waals surface area contributed by atoms with Gasteiger partial charge in [0.1, 0.15) is 15.6 Å². The molecule has 0 bridgehead atoms. The van der Waals surface area contributed by atoms with Crippen LogP contribution in [0.3, 0.4) is 0 Å². The van der Waals surface area contributed by atoms with E-state index in [0.717, 1.165) is 22.5 Å². The number of ketones is 1. The maximum Gasteiger partial charge on any atom is 0.348 e. The SMILES string of the molecule is CC(=O)c1nc(-c2cccc(C)c2)sc1C(=O)O. The highest BCUT2D eigenvalue weighted by atomic mass is 32.1. The van der Waals surface area contributed by atoms with Crippen molar-refractivity contribution >= 4 is 23.1 Å². The monoisotopic (exact) mass is 261 g/mol. The summed E-state index contributed by atoms with van der Waals surface area (Å²) in [6, 6.07) is 7.58. The Hall–Kier alpha value is -2.01. The van der Waals surface area contributed by atoms with Gasteiger partial charge in [-0.3, -0.25) is 4.79 Å². The number of aromatic carboxylic acids is 1. The summed E-state index contributed by atoms with van der Waals surface area (Å²) < 4.78 is 0. The van der Waals surface area contributed by atoms with Crippen LogP contribution in [0.25, 0.3) is 10.6 Å². The summed E-state index contributed by atoms with van der Waals surface area (Å²) in [6.45, 7) is 3.27. The lowest BCUT2D eigenvalue weighted by Gasteiger charge is -1.96. The van der Waals surface area contributed by atoms with Crippen molar-refractivity contribution in [1.82, 2.24) is 4.98 Å². The highest BCUT2D eigenvalue weighted by Crippen LogP contribution is 2.29. The van der Waals surface area contributed by atoms with Crippen LogP contribution in [-0.4, -0.2) is 21.8 Å². The molecule has 92 valence electrons. The van der Waals surface area contributed by atoms with Crippen molar-refractivity contribution in [2.24, 2.45) is 0 Å². The minimum absolute atomic E-state index is 0.000920. The molecule has 0 amide bonds. The van der Waals surface area contributed by atoms with Gasteiger partial charge < -0.3 is 5.11 Å². The van der Waals surface area contributed by atoms with Crippen LogP contribution >= 0.6 is 11.3 Å². The van der Waals surface area contributed by atoms with Crippen LogP contribution in [0.5, 0.6) is 0 Å². The van der Waals surface area contributed by atoms with Gasteiger partial charge in [-0.25, -0.2) is 9.78 Å². The molecular weight excluding hydrogens is 250 g/mol. The summed E-state index contributed by atoms with van der Waals surface area (Å²) in [5.74, 6) is -1.45. The zero-order valence-electron chi connectivity index (χ0n) is 9.93. The number of Topliss-reactive ketones (excluding diaryl/α,β-unsaturated/α-hetero) is 1. The summed E-state index contributed by atoms with van der Waals surface area (Å²) in [7, 11) is 0. The minimum atomic E-state index is -1.11. The lowest BCUT2D eigenvalue weighted by atomic mass is 10.1. The summed E-state index contributed by atoms with van der Waals surface area (Å²) in [4.78, 5) is 26.5. The molecule has 0 saturated carbocycles. The molecule has 1 aromatic carbocycles. The van der Waals surface area contributed by atoms with Gasteiger partial charge in [-0.05, 0) is 13.0 Å². The fraction of sp³-hybridized carbons (Fsp3) is 0.154. The number of benzene rings is 1. The summed E-state index contributed by atoms with van der Waals surface area (Å²) in [5, 5.41) is 9.60. The number of aromatic nitrogens is 1. The second-order valence-electron chi connectivity index (χ2n) is 3.93. The van der Waals surface area contributed by atoms with Crippen LogP contribution in [-0.2, 0) is 0 Å². The van der Waals surface area contributed by atoms with Crippen molar-refractivity contribution in [2.45, 2.75) is 13.8 Å². The second kappa shape index (κ2) is 4.70. The smallest absolute Gasteiger partial charge is 0.348 e. The van der Waals surface area contributed by atoms with Gasteiger partial charge in [-0.15, -0.1) is 11.3 Å². The third kappa shape index (κ3) is 2.31. The van der Waals surface area contributed by atoms with Crippen molar-refractivity contribution in [1.29, 1.82) is 0 Å². The first-order valence-corrected chi connectivity index (χ1v) is 6.13. The molecule has 0 aliphatic carbocycles. The van der Waals surface area contributed by atoms with Gasteiger partial charge in [0.2, 0.25) is 0 Å². The number of carboxylic acids is 1. The standard InChI is InChI=1S/C13H11NO3S/c1-7-4-3-5-9(6-7)12-14-10(8(2)15)11(18-12)13(16)17/h3-6H,1-2H3,(H,16,17). The molecule has 0 aliphatic rings. The van der Waals surface area contributed by atoms with E-state index in [1.165, 1.54) is 6.92 Å². The number of carbonyl (C=O) groups is 2. The molecule has 5 heteroatoms. The van der Waals surface area contributed by atoms with E-state index in [2.05, 4.69) is 4.98 Å². The van der Waals surface area contributed by atoms with Crippen LogP contribution < -0.4 is 0 Å². The van der Waals surface area contributed by atoms with E-state index in [4.69, 9.17) is 5.11 Å². The maximum absolute atomic E-state index is 11.4. The van der Waals surface area contributed by atoms with Crippen LogP contribution in [0.1, 0.15) is 32.6 Å². The first kappa shape index (κ1) is 12.4. The molecule has 0 saturated heterocycles. The van der Waals surface area contributed by atoms with Gasteiger partial charge in [0.05, 0.1) is 0 Å². The molecule has 2 rings (SSSR count). The van der Waals surface area contributed by atoms with Crippen LogP contribution in [0.4, 0.5) is 0 Å². The van der Waals surface area contributed by atoms with Gasteiger partial charge in [0, 0.05) is 12.5 Å². The Labute approximate surface area is 108 Å². The first-order valence-electron chi connectivity index (χ1n) is 5.31. The van der Waals surface area contributed by atoms with Crippen molar-refractivity contribution in [3.8, 4) is 10.6 Å². The van der Waals surface area contributed by atoms with E-state index in [9.17, 15) is 9.59 Å². The minimum Gasteiger partial charge on any atom is -0.477 e. The molecule has 2 aromatic rings. The van der Waals surface area contributed by atoms with E-state index in [1.54, 1.807) is 0 Å². The Morgan fingerprint density at radius 2 is 2.06 bits per heavy atom.